The maximum atomic E-state index is 12.2. The largest absolute Gasteiger partial charge is 0.310 e. The van der Waals surface area contributed by atoms with Crippen molar-refractivity contribution in [1.82, 2.24) is 9.55 Å². The zero-order chi connectivity index (χ0) is 17.8. The van der Waals surface area contributed by atoms with Gasteiger partial charge in [-0.3, -0.25) is 25.0 Å². The van der Waals surface area contributed by atoms with E-state index < -0.39 is 4.92 Å². The molecule has 0 radical (unpaired) electrons. The minimum absolute atomic E-state index is 0.0526. The van der Waals surface area contributed by atoms with Crippen LogP contribution in [0.25, 0.3) is 0 Å². The van der Waals surface area contributed by atoms with Crippen LogP contribution >= 0.6 is 11.3 Å². The summed E-state index contributed by atoms with van der Waals surface area (Å²) in [6.07, 6.45) is 2.99. The molecular formula is C16H12N4O4S. The number of carbonyl (C=O) groups is 1. The number of nitrogens with zero attached hydrogens (tertiary/aromatic N) is 3. The number of anilines is 1. The Bertz CT molecular complexity index is 982. The fraction of sp³-hybridized carbons (Fsp3) is 0.0625. The molecule has 25 heavy (non-hydrogen) atoms. The van der Waals surface area contributed by atoms with E-state index in [0.717, 1.165) is 0 Å². The first-order chi connectivity index (χ1) is 12.0. The zero-order valence-corrected chi connectivity index (χ0v) is 13.6. The molecule has 2 heterocycles. The van der Waals surface area contributed by atoms with Crippen LogP contribution in [0.15, 0.2) is 59.0 Å². The number of pyridine rings is 1. The lowest BCUT2D eigenvalue weighted by molar-refractivity contribution is -0.384. The third-order valence-electron chi connectivity index (χ3n) is 3.37. The van der Waals surface area contributed by atoms with Gasteiger partial charge in [-0.2, -0.15) is 0 Å². The Hall–Kier alpha value is -3.33. The molecule has 0 atom stereocenters. The van der Waals surface area contributed by atoms with E-state index in [9.17, 15) is 19.7 Å². The van der Waals surface area contributed by atoms with Crippen molar-refractivity contribution in [3.8, 4) is 0 Å². The van der Waals surface area contributed by atoms with Crippen LogP contribution in [0.5, 0.6) is 0 Å². The monoisotopic (exact) mass is 356 g/mol. The molecule has 3 aromatic rings. The van der Waals surface area contributed by atoms with Crippen molar-refractivity contribution in [3.63, 3.8) is 0 Å². The van der Waals surface area contributed by atoms with Crippen LogP contribution in [0.1, 0.15) is 15.9 Å². The molecule has 0 saturated carbocycles. The van der Waals surface area contributed by atoms with Crippen LogP contribution in [-0.4, -0.2) is 20.4 Å². The second-order valence-electron chi connectivity index (χ2n) is 5.10. The maximum Gasteiger partial charge on any atom is 0.269 e. The van der Waals surface area contributed by atoms with Gasteiger partial charge in [0.2, 0.25) is 0 Å². The van der Waals surface area contributed by atoms with Gasteiger partial charge in [0, 0.05) is 36.0 Å². The van der Waals surface area contributed by atoms with Crippen LogP contribution < -0.4 is 10.9 Å². The lowest BCUT2D eigenvalue weighted by Gasteiger charge is -2.08. The van der Waals surface area contributed by atoms with E-state index in [-0.39, 0.29) is 23.7 Å². The van der Waals surface area contributed by atoms with E-state index in [0.29, 0.717) is 16.3 Å². The van der Waals surface area contributed by atoms with E-state index in [1.165, 1.54) is 46.4 Å². The second-order valence-corrected chi connectivity index (χ2v) is 6.00. The first-order valence-corrected chi connectivity index (χ1v) is 8.05. The Morgan fingerprint density at radius 3 is 2.88 bits per heavy atom. The van der Waals surface area contributed by atoms with Crippen molar-refractivity contribution in [1.29, 1.82) is 0 Å². The molecule has 8 nitrogen and oxygen atoms in total. The Kier molecular flexibility index (Phi) is 4.66. The van der Waals surface area contributed by atoms with Crippen molar-refractivity contribution in [3.05, 3.63) is 85.8 Å². The molecule has 2 aromatic heterocycles. The van der Waals surface area contributed by atoms with Gasteiger partial charge >= 0.3 is 0 Å². The van der Waals surface area contributed by atoms with E-state index >= 15 is 0 Å². The SMILES string of the molecule is O=C(Nc1nccs1)c1ccc(=O)n(Cc2cccc([N+](=O)[O-])c2)c1. The molecule has 0 aliphatic heterocycles. The summed E-state index contributed by atoms with van der Waals surface area (Å²) >= 11 is 1.28. The van der Waals surface area contributed by atoms with Crippen LogP contribution in [0, 0.1) is 10.1 Å². The summed E-state index contributed by atoms with van der Waals surface area (Å²) in [6, 6.07) is 8.72. The number of nitro groups is 1. The number of amides is 1. The number of nitro benzene ring substituents is 1. The third-order valence-corrected chi connectivity index (χ3v) is 4.06. The van der Waals surface area contributed by atoms with Crippen molar-refractivity contribution >= 4 is 28.1 Å². The molecule has 0 aliphatic rings. The van der Waals surface area contributed by atoms with Gasteiger partial charge in [-0.05, 0) is 11.6 Å². The Labute approximate surface area is 145 Å². The van der Waals surface area contributed by atoms with Gasteiger partial charge in [0.25, 0.3) is 17.2 Å². The molecule has 1 aromatic carbocycles. The molecule has 0 bridgehead atoms. The van der Waals surface area contributed by atoms with Crippen molar-refractivity contribution in [2.24, 2.45) is 0 Å². The molecule has 1 amide bonds. The number of benzene rings is 1. The fourth-order valence-corrected chi connectivity index (χ4v) is 2.73. The maximum absolute atomic E-state index is 12.2. The Morgan fingerprint density at radius 1 is 1.32 bits per heavy atom. The predicted molar refractivity (Wildman–Crippen MR) is 93.0 cm³/mol. The summed E-state index contributed by atoms with van der Waals surface area (Å²) in [5.74, 6) is -0.386. The van der Waals surface area contributed by atoms with Crippen LogP contribution in [0.3, 0.4) is 0 Å². The summed E-state index contributed by atoms with van der Waals surface area (Å²) in [5.41, 5.74) is 0.523. The first kappa shape index (κ1) is 16.5. The van der Waals surface area contributed by atoms with Gasteiger partial charge in [-0.1, -0.05) is 12.1 Å². The van der Waals surface area contributed by atoms with Gasteiger partial charge < -0.3 is 4.57 Å². The van der Waals surface area contributed by atoms with E-state index in [2.05, 4.69) is 10.3 Å². The van der Waals surface area contributed by atoms with E-state index in [1.807, 2.05) is 0 Å². The Morgan fingerprint density at radius 2 is 2.16 bits per heavy atom. The number of nitrogens with one attached hydrogen (secondary N) is 1. The van der Waals surface area contributed by atoms with Gasteiger partial charge in [0.1, 0.15) is 0 Å². The smallest absolute Gasteiger partial charge is 0.269 e. The highest BCUT2D eigenvalue weighted by atomic mass is 32.1. The number of carbonyl (C=O) groups excluding carboxylic acids is 1. The van der Waals surface area contributed by atoms with Crippen molar-refractivity contribution in [2.45, 2.75) is 6.54 Å². The van der Waals surface area contributed by atoms with Gasteiger partial charge in [0.15, 0.2) is 5.13 Å². The highest BCUT2D eigenvalue weighted by Crippen LogP contribution is 2.14. The second kappa shape index (κ2) is 7.05. The highest BCUT2D eigenvalue weighted by Gasteiger charge is 2.11. The molecule has 126 valence electrons. The fourth-order valence-electron chi connectivity index (χ4n) is 2.21. The number of aromatic nitrogens is 2. The molecule has 0 saturated heterocycles. The molecule has 9 heteroatoms. The number of thiazole rings is 1. The number of hydrogen-bond donors (Lipinski definition) is 1. The topological polar surface area (TPSA) is 107 Å². The number of rotatable bonds is 5. The number of hydrogen-bond acceptors (Lipinski definition) is 6. The number of non-ortho nitro benzene ring substituents is 1. The van der Waals surface area contributed by atoms with Gasteiger partial charge in [-0.15, -0.1) is 11.3 Å². The van der Waals surface area contributed by atoms with E-state index in [1.54, 1.807) is 23.7 Å². The van der Waals surface area contributed by atoms with Gasteiger partial charge in [-0.25, -0.2) is 4.98 Å². The molecule has 0 fully saturated rings. The summed E-state index contributed by atoms with van der Waals surface area (Å²) in [7, 11) is 0. The lowest BCUT2D eigenvalue weighted by Crippen LogP contribution is -2.22. The zero-order valence-electron chi connectivity index (χ0n) is 12.8. The summed E-state index contributed by atoms with van der Waals surface area (Å²) in [5, 5.41) is 15.7. The summed E-state index contributed by atoms with van der Waals surface area (Å²) in [6.45, 7) is 0.124. The minimum atomic E-state index is -0.496. The Balaban J connectivity index is 1.84. The average molecular weight is 356 g/mol. The molecular weight excluding hydrogens is 344 g/mol. The molecule has 0 spiro atoms. The van der Waals surface area contributed by atoms with E-state index in [4.69, 9.17) is 0 Å². The lowest BCUT2D eigenvalue weighted by atomic mass is 10.2. The molecule has 0 aliphatic carbocycles. The van der Waals surface area contributed by atoms with Crippen molar-refractivity contribution < 1.29 is 9.72 Å². The summed E-state index contributed by atoms with van der Waals surface area (Å²) < 4.78 is 1.33. The van der Waals surface area contributed by atoms with Gasteiger partial charge in [0.05, 0.1) is 17.0 Å². The third kappa shape index (κ3) is 3.96. The van der Waals surface area contributed by atoms with Crippen LogP contribution in [0.2, 0.25) is 0 Å². The minimum Gasteiger partial charge on any atom is -0.310 e. The molecule has 0 unspecified atom stereocenters. The standard InChI is InChI=1S/C16H12N4O4S/c21-14-5-4-12(15(22)18-16-17-6-7-25-16)10-19(14)9-11-2-1-3-13(8-11)20(23)24/h1-8,10H,9H2,(H,17,18,22). The molecule has 3 rings (SSSR count). The van der Waals surface area contributed by atoms with Crippen LogP contribution in [-0.2, 0) is 6.54 Å². The van der Waals surface area contributed by atoms with Crippen molar-refractivity contribution in [2.75, 3.05) is 5.32 Å². The summed E-state index contributed by atoms with van der Waals surface area (Å²) in [4.78, 5) is 38.6. The first-order valence-electron chi connectivity index (χ1n) is 7.17. The predicted octanol–water partition coefficient (Wildman–Crippen LogP) is 2.51. The highest BCUT2D eigenvalue weighted by molar-refractivity contribution is 7.13. The molecule has 1 N–H and O–H groups in total. The van der Waals surface area contributed by atoms with Crippen LogP contribution in [0.4, 0.5) is 10.8 Å². The average Bonchev–Trinajstić information content (AvgIpc) is 3.10. The quantitative estimate of drug-likeness (QED) is 0.558. The normalized spacial score (nSPS) is 10.4.